The van der Waals surface area contributed by atoms with Crippen LogP contribution in [0.1, 0.15) is 10.6 Å². The molecule has 0 fully saturated rings. The Morgan fingerprint density at radius 2 is 1.81 bits per heavy atom. The smallest absolute Gasteiger partial charge is 0.306 e. The highest BCUT2D eigenvalue weighted by atomic mass is 16.5. The third kappa shape index (κ3) is 3.30. The lowest BCUT2D eigenvalue weighted by atomic mass is 10.0. The molecule has 7 nitrogen and oxygen atoms in total. The summed E-state index contributed by atoms with van der Waals surface area (Å²) in [5, 5.41) is 0.822. The molecular formula is C20H16N4O3. The number of hydrazine groups is 1. The van der Waals surface area contributed by atoms with Gasteiger partial charge >= 0.3 is 5.91 Å². The van der Waals surface area contributed by atoms with Crippen LogP contribution < -0.4 is 15.6 Å². The van der Waals surface area contributed by atoms with Gasteiger partial charge < -0.3 is 9.15 Å². The minimum Gasteiger partial charge on any atom is -0.497 e. The van der Waals surface area contributed by atoms with Gasteiger partial charge in [-0.25, -0.2) is 9.97 Å². The van der Waals surface area contributed by atoms with E-state index in [0.29, 0.717) is 16.9 Å². The molecule has 1 amide bonds. The summed E-state index contributed by atoms with van der Waals surface area (Å²) in [4.78, 5) is 20.8. The largest absolute Gasteiger partial charge is 0.497 e. The Balaban J connectivity index is 1.75. The minimum absolute atomic E-state index is 0.188. The van der Waals surface area contributed by atoms with Crippen LogP contribution in [0.4, 0.5) is 5.95 Å². The van der Waals surface area contributed by atoms with E-state index in [1.165, 1.54) is 0 Å². The molecule has 2 heterocycles. The van der Waals surface area contributed by atoms with Gasteiger partial charge in [-0.15, -0.1) is 0 Å². The van der Waals surface area contributed by atoms with Gasteiger partial charge in [0.1, 0.15) is 11.3 Å². The number of aromatic nitrogens is 2. The van der Waals surface area contributed by atoms with Gasteiger partial charge in [-0.2, -0.15) is 0 Å². The Kier molecular flexibility index (Phi) is 4.40. The number of fused-ring (bicyclic) bond motifs is 1. The van der Waals surface area contributed by atoms with Gasteiger partial charge in [0, 0.05) is 29.4 Å². The first-order chi connectivity index (χ1) is 13.3. The number of carbonyl (C=O) groups excluding carboxylic acids is 1. The Hall–Kier alpha value is -3.87. The van der Waals surface area contributed by atoms with E-state index in [9.17, 15) is 4.79 Å². The summed E-state index contributed by atoms with van der Waals surface area (Å²) in [5.74, 6) is 0.688. The van der Waals surface area contributed by atoms with Crippen molar-refractivity contribution in [3.8, 4) is 16.9 Å². The zero-order valence-corrected chi connectivity index (χ0v) is 14.5. The van der Waals surface area contributed by atoms with Crippen LogP contribution in [-0.4, -0.2) is 23.0 Å². The molecule has 0 aliphatic rings. The molecule has 2 aromatic heterocycles. The lowest BCUT2D eigenvalue weighted by Gasteiger charge is -2.07. The van der Waals surface area contributed by atoms with Crippen molar-refractivity contribution >= 4 is 22.8 Å². The molecule has 7 heteroatoms. The van der Waals surface area contributed by atoms with E-state index in [0.717, 1.165) is 10.9 Å². The van der Waals surface area contributed by atoms with Crippen molar-refractivity contribution in [2.24, 2.45) is 0 Å². The Morgan fingerprint density at radius 1 is 1.04 bits per heavy atom. The number of ether oxygens (including phenoxy) is 1. The van der Waals surface area contributed by atoms with Crippen LogP contribution in [0, 0.1) is 0 Å². The third-order valence-electron chi connectivity index (χ3n) is 4.02. The molecule has 4 rings (SSSR count). The summed E-state index contributed by atoms with van der Waals surface area (Å²) < 4.78 is 11.1. The van der Waals surface area contributed by atoms with Gasteiger partial charge in [-0.1, -0.05) is 30.3 Å². The normalized spacial score (nSPS) is 10.6. The van der Waals surface area contributed by atoms with Crippen molar-refractivity contribution in [1.29, 1.82) is 0 Å². The topological polar surface area (TPSA) is 89.3 Å². The lowest BCUT2D eigenvalue weighted by Crippen LogP contribution is -2.30. The van der Waals surface area contributed by atoms with Crippen LogP contribution in [0.3, 0.4) is 0 Å². The molecule has 0 bridgehead atoms. The predicted molar refractivity (Wildman–Crippen MR) is 101 cm³/mol. The van der Waals surface area contributed by atoms with Gasteiger partial charge in [0.05, 0.1) is 7.11 Å². The van der Waals surface area contributed by atoms with Gasteiger partial charge in [-0.3, -0.25) is 15.6 Å². The molecule has 0 atom stereocenters. The Labute approximate surface area is 155 Å². The number of hydrogen-bond donors (Lipinski definition) is 2. The number of anilines is 1. The van der Waals surface area contributed by atoms with Crippen LogP contribution in [0.25, 0.3) is 22.1 Å². The van der Waals surface area contributed by atoms with Crippen LogP contribution in [0.2, 0.25) is 0 Å². The number of furan rings is 1. The molecule has 0 unspecified atom stereocenters. The molecule has 134 valence electrons. The quantitative estimate of drug-likeness (QED) is 0.528. The van der Waals surface area contributed by atoms with Crippen LogP contribution in [0.15, 0.2) is 71.4 Å². The van der Waals surface area contributed by atoms with Crippen molar-refractivity contribution in [3.63, 3.8) is 0 Å². The lowest BCUT2D eigenvalue weighted by molar-refractivity contribution is 0.0938. The molecule has 0 saturated carbocycles. The van der Waals surface area contributed by atoms with E-state index in [1.54, 1.807) is 31.6 Å². The first-order valence-corrected chi connectivity index (χ1v) is 8.25. The van der Waals surface area contributed by atoms with Gasteiger partial charge in [0.15, 0.2) is 0 Å². The SMILES string of the molecule is COc1ccc2c(-c3ccccc3)c(C(=O)NNc3ncccn3)oc2c1. The molecule has 0 aliphatic carbocycles. The van der Waals surface area contributed by atoms with Crippen molar-refractivity contribution in [3.05, 3.63) is 72.8 Å². The molecular weight excluding hydrogens is 344 g/mol. The van der Waals surface area contributed by atoms with Crippen LogP contribution in [-0.2, 0) is 0 Å². The third-order valence-corrected chi connectivity index (χ3v) is 4.02. The Morgan fingerprint density at radius 3 is 2.56 bits per heavy atom. The zero-order valence-electron chi connectivity index (χ0n) is 14.5. The number of nitrogens with zero attached hydrogens (tertiary/aromatic N) is 2. The number of hydrogen-bond acceptors (Lipinski definition) is 6. The monoisotopic (exact) mass is 360 g/mol. The first-order valence-electron chi connectivity index (χ1n) is 8.25. The van der Waals surface area contributed by atoms with Crippen molar-refractivity contribution < 1.29 is 13.9 Å². The van der Waals surface area contributed by atoms with Crippen molar-refractivity contribution in [2.45, 2.75) is 0 Å². The van der Waals surface area contributed by atoms with Gasteiger partial charge in [-0.05, 0) is 23.8 Å². The molecule has 0 spiro atoms. The Bertz CT molecular complexity index is 1080. The zero-order chi connectivity index (χ0) is 18.6. The fourth-order valence-corrected chi connectivity index (χ4v) is 2.79. The second kappa shape index (κ2) is 7.17. The summed E-state index contributed by atoms with van der Waals surface area (Å²) in [7, 11) is 1.58. The molecule has 4 aromatic rings. The molecule has 2 aromatic carbocycles. The first kappa shape index (κ1) is 16.6. The predicted octanol–water partition coefficient (Wildman–Crippen LogP) is 3.66. The number of rotatable bonds is 5. The number of benzene rings is 2. The van der Waals surface area contributed by atoms with Gasteiger partial charge in [0.2, 0.25) is 11.7 Å². The molecule has 2 N–H and O–H groups in total. The second-order valence-corrected chi connectivity index (χ2v) is 5.69. The van der Waals surface area contributed by atoms with E-state index in [2.05, 4.69) is 20.8 Å². The molecule has 0 saturated heterocycles. The van der Waals surface area contributed by atoms with Crippen molar-refractivity contribution in [2.75, 3.05) is 12.5 Å². The number of methoxy groups -OCH3 is 1. The average molecular weight is 360 g/mol. The number of carbonyl (C=O) groups is 1. The minimum atomic E-state index is -0.434. The average Bonchev–Trinajstić information content (AvgIpc) is 3.12. The van der Waals surface area contributed by atoms with E-state index < -0.39 is 5.91 Å². The van der Waals surface area contributed by atoms with E-state index in [4.69, 9.17) is 9.15 Å². The summed E-state index contributed by atoms with van der Waals surface area (Å²) >= 11 is 0. The highest BCUT2D eigenvalue weighted by molar-refractivity contribution is 6.08. The number of nitrogens with one attached hydrogen (secondary N) is 2. The fraction of sp³-hybridized carbons (Fsp3) is 0.0500. The maximum Gasteiger partial charge on any atom is 0.306 e. The summed E-state index contributed by atoms with van der Waals surface area (Å²) in [6, 6.07) is 16.8. The van der Waals surface area contributed by atoms with E-state index in [1.807, 2.05) is 42.5 Å². The van der Waals surface area contributed by atoms with E-state index >= 15 is 0 Å². The van der Waals surface area contributed by atoms with Crippen LogP contribution >= 0.6 is 0 Å². The molecule has 0 radical (unpaired) electrons. The summed E-state index contributed by atoms with van der Waals surface area (Å²) in [5.41, 5.74) is 7.41. The maximum atomic E-state index is 12.8. The maximum absolute atomic E-state index is 12.8. The van der Waals surface area contributed by atoms with E-state index in [-0.39, 0.29) is 11.7 Å². The van der Waals surface area contributed by atoms with Gasteiger partial charge in [0.25, 0.3) is 0 Å². The summed E-state index contributed by atoms with van der Waals surface area (Å²) in [6.45, 7) is 0. The van der Waals surface area contributed by atoms with Crippen molar-refractivity contribution in [1.82, 2.24) is 15.4 Å². The molecule has 27 heavy (non-hydrogen) atoms. The highest BCUT2D eigenvalue weighted by Gasteiger charge is 2.22. The molecule has 0 aliphatic heterocycles. The standard InChI is InChI=1S/C20H16N4O3/c1-26-14-8-9-15-16(12-14)27-18(17(15)13-6-3-2-4-7-13)19(25)23-24-20-21-10-5-11-22-20/h2-12H,1H3,(H,23,25)(H,21,22,24). The van der Waals surface area contributed by atoms with Crippen LogP contribution in [0.5, 0.6) is 5.75 Å². The summed E-state index contributed by atoms with van der Waals surface area (Å²) in [6.07, 6.45) is 3.15. The fourth-order valence-electron chi connectivity index (χ4n) is 2.79. The highest BCUT2D eigenvalue weighted by Crippen LogP contribution is 2.36. The number of amides is 1. The second-order valence-electron chi connectivity index (χ2n) is 5.69.